The molecule has 0 aliphatic heterocycles. The summed E-state index contributed by atoms with van der Waals surface area (Å²) < 4.78 is 10.4. The number of benzene rings is 5. The van der Waals surface area contributed by atoms with Gasteiger partial charge < -0.3 is 8.98 Å². The molecule has 0 aliphatic carbocycles. The van der Waals surface area contributed by atoms with Gasteiger partial charge >= 0.3 is 126 Å². The van der Waals surface area contributed by atoms with Gasteiger partial charge in [-0.2, -0.15) is 0 Å². The van der Waals surface area contributed by atoms with Crippen molar-refractivity contribution in [1.29, 1.82) is 0 Å². The number of fused-ring (bicyclic) bond motifs is 5. The van der Waals surface area contributed by atoms with Crippen LogP contribution in [0.2, 0.25) is 17.3 Å². The number of hydrogen-bond acceptors (Lipinski definition) is 4. The fraction of sp³-hybridized carbons (Fsp3) is 0.278. The van der Waals surface area contributed by atoms with Gasteiger partial charge in [0, 0.05) is 36.9 Å². The van der Waals surface area contributed by atoms with Crippen molar-refractivity contribution in [2.24, 2.45) is 5.92 Å². The molecule has 4 aromatic heterocycles. The summed E-state index contributed by atoms with van der Waals surface area (Å²) in [6.07, 6.45) is 3.27. The van der Waals surface area contributed by atoms with Crippen molar-refractivity contribution in [2.75, 3.05) is 0 Å². The van der Waals surface area contributed by atoms with Crippen molar-refractivity contribution < 1.29 is 24.5 Å². The van der Waals surface area contributed by atoms with Gasteiger partial charge in [0.25, 0.3) is 0 Å². The van der Waals surface area contributed by atoms with Crippen LogP contribution in [0.15, 0.2) is 120 Å². The predicted molar refractivity (Wildman–Crippen MR) is 255 cm³/mol. The van der Waals surface area contributed by atoms with E-state index < -0.39 is 13.3 Å². The van der Waals surface area contributed by atoms with Crippen LogP contribution in [-0.4, -0.2) is 32.8 Å². The first-order valence-electron chi connectivity index (χ1n) is 21.3. The molecule has 0 atom stereocenters. The zero-order chi connectivity index (χ0) is 42.5. The largest absolute Gasteiger partial charge is 0.486 e. The molecule has 0 unspecified atom stereocenters. The van der Waals surface area contributed by atoms with Gasteiger partial charge in [0.15, 0.2) is 0 Å². The van der Waals surface area contributed by atoms with E-state index in [4.69, 9.17) is 14.4 Å². The van der Waals surface area contributed by atoms with Crippen LogP contribution in [0.3, 0.4) is 0 Å². The molecule has 0 saturated heterocycles. The average molecular weight is 1040 g/mol. The number of aryl methyl sites for hydroxylation is 1. The van der Waals surface area contributed by atoms with Gasteiger partial charge in [-0.1, -0.05) is 82.0 Å². The van der Waals surface area contributed by atoms with Crippen LogP contribution < -0.4 is 4.40 Å². The normalized spacial score (nSPS) is 12.1. The Kier molecular flexibility index (Phi) is 12.7. The third kappa shape index (κ3) is 8.78. The Labute approximate surface area is 377 Å². The van der Waals surface area contributed by atoms with Gasteiger partial charge in [0.1, 0.15) is 0 Å². The number of furan rings is 1. The number of rotatable bonds is 7. The summed E-state index contributed by atoms with van der Waals surface area (Å²) in [6, 6.07) is 44.8. The van der Waals surface area contributed by atoms with Crippen LogP contribution >= 0.6 is 0 Å². The van der Waals surface area contributed by atoms with Crippen molar-refractivity contribution in [3.63, 3.8) is 0 Å². The first-order chi connectivity index (χ1) is 28.6. The third-order valence-electron chi connectivity index (χ3n) is 11.3. The van der Waals surface area contributed by atoms with Gasteiger partial charge in [-0.05, 0) is 70.5 Å². The Balaban J connectivity index is 0.000000226. The predicted octanol–water partition coefficient (Wildman–Crippen LogP) is 14.0. The molecule has 0 saturated carbocycles. The molecule has 0 amide bonds. The first kappa shape index (κ1) is 44.2. The van der Waals surface area contributed by atoms with Crippen molar-refractivity contribution in [2.45, 2.75) is 90.4 Å². The summed E-state index contributed by atoms with van der Waals surface area (Å²) in [7, 11) is 0. The molecular formula is C54H56GeIrN4O-2. The number of hydrogen-bond donors (Lipinski definition) is 0. The molecule has 313 valence electrons. The first-order valence-corrected chi connectivity index (χ1v) is 28.7. The molecule has 5 nitrogen and oxygen atoms in total. The third-order valence-corrected chi connectivity index (χ3v) is 15.6. The molecule has 0 aliphatic rings. The van der Waals surface area contributed by atoms with E-state index in [-0.39, 0.29) is 31.4 Å². The molecule has 0 bridgehead atoms. The molecule has 0 spiro atoms. The summed E-state index contributed by atoms with van der Waals surface area (Å²) in [5.41, 5.74) is 12.5. The van der Waals surface area contributed by atoms with E-state index in [2.05, 4.69) is 172 Å². The topological polar surface area (TPSA) is 56.7 Å². The molecule has 0 fully saturated rings. The summed E-state index contributed by atoms with van der Waals surface area (Å²) in [6.45, 7) is 18.0. The van der Waals surface area contributed by atoms with Gasteiger partial charge in [-0.25, -0.2) is 4.98 Å². The molecule has 9 aromatic rings. The molecule has 9 rings (SSSR count). The number of imidazole rings is 1. The van der Waals surface area contributed by atoms with Crippen LogP contribution in [-0.2, 0) is 31.9 Å². The Bertz CT molecular complexity index is 3000. The number of para-hydroxylation sites is 2. The second kappa shape index (κ2) is 17.5. The Morgan fingerprint density at radius 1 is 0.770 bits per heavy atom. The van der Waals surface area contributed by atoms with E-state index in [0.29, 0.717) is 11.6 Å². The molecule has 7 heteroatoms. The van der Waals surface area contributed by atoms with Crippen LogP contribution in [0.1, 0.15) is 76.8 Å². The summed E-state index contributed by atoms with van der Waals surface area (Å²) in [5.74, 6) is 9.10. The van der Waals surface area contributed by atoms with Crippen molar-refractivity contribution in [1.82, 2.24) is 19.5 Å². The van der Waals surface area contributed by atoms with Crippen molar-refractivity contribution in [3.8, 4) is 28.3 Å². The quantitative estimate of drug-likeness (QED) is 0.118. The van der Waals surface area contributed by atoms with Crippen LogP contribution in [0.5, 0.6) is 0 Å². The maximum absolute atomic E-state index is 6.46. The maximum Gasteiger partial charge on any atom is 0.216 e. The van der Waals surface area contributed by atoms with E-state index in [9.17, 15) is 0 Å². The van der Waals surface area contributed by atoms with Gasteiger partial charge in [0.2, 0.25) is 5.71 Å². The number of pyridine rings is 2. The minimum absolute atomic E-state index is 0. The van der Waals surface area contributed by atoms with Crippen LogP contribution in [0.25, 0.3) is 72.2 Å². The van der Waals surface area contributed by atoms with Crippen LogP contribution in [0.4, 0.5) is 0 Å². The van der Waals surface area contributed by atoms with Crippen molar-refractivity contribution >= 4 is 61.5 Å². The van der Waals surface area contributed by atoms with E-state index in [1.54, 1.807) is 4.40 Å². The van der Waals surface area contributed by atoms with Crippen molar-refractivity contribution in [3.05, 3.63) is 150 Å². The van der Waals surface area contributed by atoms with E-state index in [1.165, 1.54) is 33.2 Å². The monoisotopic (exact) mass is 1040 g/mol. The molecule has 0 N–H and O–H groups in total. The smallest absolute Gasteiger partial charge is 0.216 e. The Morgan fingerprint density at radius 3 is 2.21 bits per heavy atom. The standard InChI is InChI=1S/C36H32N3O.C18H24GeN.Ir/c1-21(2)31-24-13-8-7-12-23(24)20-28(36(4,5)6)32(31)39-30-17-10-9-16-29(30)38-34(39)27-15-11-14-25-26-19-18-22(3)37-35(26)40-33(25)27;1-14(2)11-16-12-18(15-9-7-6-8-10-15)20-13-17(16)19(3,4)5;/h7-14,16-21H,1-6H3;6-9,12-14H,11H2,1-5H3;/q2*-1;. The van der Waals surface area contributed by atoms with Gasteiger partial charge in [-0.15, -0.1) is 18.2 Å². The second-order valence-corrected chi connectivity index (χ2v) is 29.5. The Morgan fingerprint density at radius 2 is 1.51 bits per heavy atom. The van der Waals surface area contributed by atoms with E-state index >= 15 is 0 Å². The molecule has 1 radical (unpaired) electrons. The molecule has 5 aromatic carbocycles. The number of aromatic nitrogens is 4. The van der Waals surface area contributed by atoms with E-state index in [1.807, 2.05) is 37.3 Å². The minimum atomic E-state index is -1.86. The number of nitrogens with zero attached hydrogens (tertiary/aromatic N) is 4. The molecule has 61 heavy (non-hydrogen) atoms. The SMILES string of the molecule is CC(C)Cc1cc(-c2[c-]cccc2)nc[c]1[Ge]([CH3])([CH3])[CH3].Cc1ccc2c(n1)oc1c(-c3nc4ccccc4n3-c3c(C(C)(C)C)cc4ccccc4c3C(C)C)[c-]ccc12.[Ir]. The summed E-state index contributed by atoms with van der Waals surface area (Å²) in [5, 5.41) is 4.56. The van der Waals surface area contributed by atoms with E-state index in [0.717, 1.165) is 62.1 Å². The summed E-state index contributed by atoms with van der Waals surface area (Å²) >= 11 is -1.86. The van der Waals surface area contributed by atoms with Gasteiger partial charge in [0.05, 0.1) is 22.4 Å². The fourth-order valence-corrected chi connectivity index (χ4v) is 11.9. The summed E-state index contributed by atoms with van der Waals surface area (Å²) in [4.78, 5) is 14.6. The van der Waals surface area contributed by atoms with Crippen LogP contribution in [0, 0.1) is 25.0 Å². The second-order valence-electron chi connectivity index (χ2n) is 18.9. The fourth-order valence-electron chi connectivity index (χ4n) is 8.54. The molecular weight excluding hydrogens is 985 g/mol. The maximum atomic E-state index is 6.46. The molecule has 4 heterocycles. The zero-order valence-electron chi connectivity index (χ0n) is 37.4. The average Bonchev–Trinajstić information content (AvgIpc) is 3.77. The minimum Gasteiger partial charge on any atom is -0.486 e. The Hall–Kier alpha value is -4.88. The zero-order valence-corrected chi connectivity index (χ0v) is 41.9. The van der Waals surface area contributed by atoms with Gasteiger partial charge in [-0.3, -0.25) is 4.98 Å².